The van der Waals surface area contributed by atoms with E-state index in [1.165, 1.54) is 38.1 Å². The number of esters is 2. The van der Waals surface area contributed by atoms with Crippen LogP contribution >= 0.6 is 11.6 Å². The highest BCUT2D eigenvalue weighted by Crippen LogP contribution is 2.58. The second-order valence-corrected chi connectivity index (χ2v) is 8.94. The molecule has 2 aromatic carbocycles. The Balaban J connectivity index is 1.91. The van der Waals surface area contributed by atoms with Crippen LogP contribution in [0, 0.1) is 15.5 Å². The normalized spacial score (nSPS) is 24.0. The summed E-state index contributed by atoms with van der Waals surface area (Å²) in [5, 5.41) is 11.5. The summed E-state index contributed by atoms with van der Waals surface area (Å²) in [6, 6.07) is 12.1. The first-order valence-corrected chi connectivity index (χ1v) is 10.4. The minimum absolute atomic E-state index is 0.0598. The summed E-state index contributed by atoms with van der Waals surface area (Å²) < 4.78 is 11.1. The SMILES string of the molecule is CC1(C)OC(=O)C2(C(=O)O1)[C@@H](c1ccc([N+](=O)[O-])cc1)CC(=O)C[C@H]2c1ccc(Cl)cc1. The Morgan fingerprint density at radius 1 is 0.875 bits per heavy atom. The molecule has 0 aromatic heterocycles. The molecule has 1 spiro atoms. The molecule has 0 radical (unpaired) electrons. The van der Waals surface area contributed by atoms with Gasteiger partial charge in [-0.3, -0.25) is 24.5 Å². The number of nitro benzene ring substituents is 1. The van der Waals surface area contributed by atoms with Crippen LogP contribution in [0.5, 0.6) is 0 Å². The summed E-state index contributed by atoms with van der Waals surface area (Å²) in [6.07, 6.45) is -0.164. The third-order valence-corrected chi connectivity index (χ3v) is 6.35. The predicted octanol–water partition coefficient (Wildman–Crippen LogP) is 4.30. The van der Waals surface area contributed by atoms with Crippen LogP contribution in [0.2, 0.25) is 5.02 Å². The molecule has 9 heteroatoms. The largest absolute Gasteiger partial charge is 0.422 e. The highest BCUT2D eigenvalue weighted by atomic mass is 35.5. The van der Waals surface area contributed by atoms with Crippen molar-refractivity contribution >= 4 is 35.0 Å². The molecule has 166 valence electrons. The molecule has 1 aliphatic carbocycles. The van der Waals surface area contributed by atoms with E-state index in [2.05, 4.69) is 0 Å². The summed E-state index contributed by atoms with van der Waals surface area (Å²) in [4.78, 5) is 50.4. The van der Waals surface area contributed by atoms with E-state index in [4.69, 9.17) is 21.1 Å². The van der Waals surface area contributed by atoms with E-state index in [1.54, 1.807) is 24.3 Å². The standard InChI is InChI=1S/C23H20ClNO7/c1-22(2)31-20(27)23(21(28)32-22)18(13-3-7-15(24)8-4-13)11-17(26)12-19(23)14-5-9-16(10-6-14)25(29)30/h3-10,18-19H,11-12H2,1-2H3/t18-,19+/m0/s1. The van der Waals surface area contributed by atoms with Gasteiger partial charge in [-0.05, 0) is 23.3 Å². The van der Waals surface area contributed by atoms with Crippen molar-refractivity contribution in [1.82, 2.24) is 0 Å². The van der Waals surface area contributed by atoms with Gasteiger partial charge in [0.05, 0.1) is 4.92 Å². The maximum Gasteiger partial charge on any atom is 0.328 e. The molecule has 0 amide bonds. The Morgan fingerprint density at radius 2 is 1.31 bits per heavy atom. The summed E-state index contributed by atoms with van der Waals surface area (Å²) >= 11 is 6.01. The number of hydrogen-bond acceptors (Lipinski definition) is 7. The van der Waals surface area contributed by atoms with Gasteiger partial charge in [0.2, 0.25) is 0 Å². The summed E-state index contributed by atoms with van der Waals surface area (Å²) in [7, 11) is 0. The number of hydrogen-bond donors (Lipinski definition) is 0. The number of nitro groups is 1. The van der Waals surface area contributed by atoms with Gasteiger partial charge in [0.15, 0.2) is 5.41 Å². The number of nitrogens with zero attached hydrogens (tertiary/aromatic N) is 1. The quantitative estimate of drug-likeness (QED) is 0.292. The lowest BCUT2D eigenvalue weighted by Crippen LogP contribution is -2.61. The van der Waals surface area contributed by atoms with E-state index in [0.29, 0.717) is 16.1 Å². The molecule has 0 N–H and O–H groups in total. The molecule has 1 saturated carbocycles. The topological polar surface area (TPSA) is 113 Å². The highest BCUT2D eigenvalue weighted by molar-refractivity contribution is 6.30. The predicted molar refractivity (Wildman–Crippen MR) is 113 cm³/mol. The van der Waals surface area contributed by atoms with Crippen molar-refractivity contribution in [2.45, 2.75) is 44.3 Å². The van der Waals surface area contributed by atoms with Crippen LogP contribution in [-0.2, 0) is 23.9 Å². The van der Waals surface area contributed by atoms with Gasteiger partial charge in [0.1, 0.15) is 5.78 Å². The Bertz CT molecular complexity index is 1090. The zero-order valence-electron chi connectivity index (χ0n) is 17.4. The highest BCUT2D eigenvalue weighted by Gasteiger charge is 2.67. The van der Waals surface area contributed by atoms with Crippen LogP contribution < -0.4 is 0 Å². The van der Waals surface area contributed by atoms with Crippen molar-refractivity contribution in [2.75, 3.05) is 0 Å². The van der Waals surface area contributed by atoms with Gasteiger partial charge >= 0.3 is 11.9 Å². The number of halogens is 1. The minimum atomic E-state index is -1.83. The van der Waals surface area contributed by atoms with E-state index in [-0.39, 0.29) is 24.3 Å². The Morgan fingerprint density at radius 3 is 1.75 bits per heavy atom. The minimum Gasteiger partial charge on any atom is -0.422 e. The van der Waals surface area contributed by atoms with Gasteiger partial charge in [0, 0.05) is 55.7 Å². The van der Waals surface area contributed by atoms with Crippen molar-refractivity contribution in [3.8, 4) is 0 Å². The van der Waals surface area contributed by atoms with Gasteiger partial charge < -0.3 is 9.47 Å². The molecular weight excluding hydrogens is 438 g/mol. The third kappa shape index (κ3) is 3.54. The fraction of sp³-hybridized carbons (Fsp3) is 0.348. The second-order valence-electron chi connectivity index (χ2n) is 8.50. The van der Waals surface area contributed by atoms with Crippen LogP contribution in [0.15, 0.2) is 48.5 Å². The lowest BCUT2D eigenvalue weighted by Gasteiger charge is -2.49. The fourth-order valence-corrected chi connectivity index (χ4v) is 4.80. The van der Waals surface area contributed by atoms with Crippen molar-refractivity contribution < 1.29 is 28.8 Å². The average Bonchev–Trinajstić information content (AvgIpc) is 2.72. The first-order valence-electron chi connectivity index (χ1n) is 10.0. The van der Waals surface area contributed by atoms with Gasteiger partial charge in [-0.15, -0.1) is 0 Å². The van der Waals surface area contributed by atoms with Crippen molar-refractivity contribution in [1.29, 1.82) is 0 Å². The lowest BCUT2D eigenvalue weighted by atomic mass is 9.55. The van der Waals surface area contributed by atoms with Crippen LogP contribution in [-0.4, -0.2) is 28.4 Å². The van der Waals surface area contributed by atoms with E-state index >= 15 is 0 Å². The molecule has 0 bridgehead atoms. The zero-order chi connectivity index (χ0) is 23.3. The molecule has 2 aliphatic rings. The summed E-state index contributed by atoms with van der Waals surface area (Å²) in [6.45, 7) is 2.92. The van der Waals surface area contributed by atoms with E-state index in [0.717, 1.165) is 0 Å². The summed E-state index contributed by atoms with van der Waals surface area (Å²) in [5.41, 5.74) is -0.957. The zero-order valence-corrected chi connectivity index (χ0v) is 18.1. The van der Waals surface area contributed by atoms with E-state index < -0.39 is 39.9 Å². The van der Waals surface area contributed by atoms with Gasteiger partial charge in [-0.2, -0.15) is 0 Å². The van der Waals surface area contributed by atoms with Crippen molar-refractivity contribution in [3.63, 3.8) is 0 Å². The molecule has 8 nitrogen and oxygen atoms in total. The number of non-ortho nitro benzene ring substituents is 1. The molecular formula is C23H20ClNO7. The summed E-state index contributed by atoms with van der Waals surface area (Å²) in [5.74, 6) is -4.93. The molecule has 2 aromatic rings. The van der Waals surface area contributed by atoms with Crippen molar-refractivity contribution in [2.24, 2.45) is 5.41 Å². The molecule has 1 saturated heterocycles. The smallest absolute Gasteiger partial charge is 0.328 e. The third-order valence-electron chi connectivity index (χ3n) is 6.09. The van der Waals surface area contributed by atoms with Crippen molar-refractivity contribution in [3.05, 3.63) is 74.8 Å². The number of rotatable bonds is 3. The number of benzene rings is 2. The van der Waals surface area contributed by atoms with Crippen LogP contribution in [0.4, 0.5) is 5.69 Å². The molecule has 2 fully saturated rings. The maximum absolute atomic E-state index is 13.5. The molecule has 1 heterocycles. The van der Waals surface area contributed by atoms with Crippen LogP contribution in [0.3, 0.4) is 0 Å². The number of ketones is 1. The Kier molecular flexibility index (Phi) is 5.29. The molecule has 2 atom stereocenters. The van der Waals surface area contributed by atoms with E-state index in [9.17, 15) is 24.5 Å². The maximum atomic E-state index is 13.5. The molecule has 1 aliphatic heterocycles. The number of Topliss-reactive ketones (excluding diaryl/α,β-unsaturated/α-hetero) is 1. The average molecular weight is 458 g/mol. The molecule has 32 heavy (non-hydrogen) atoms. The fourth-order valence-electron chi connectivity index (χ4n) is 4.68. The number of carbonyl (C=O) groups is 3. The number of ether oxygens (including phenoxy) is 2. The van der Waals surface area contributed by atoms with Gasteiger partial charge in [-0.1, -0.05) is 35.9 Å². The van der Waals surface area contributed by atoms with E-state index in [1.807, 2.05) is 0 Å². The molecule has 0 unspecified atom stereocenters. The lowest BCUT2D eigenvalue weighted by molar-refractivity contribution is -0.384. The first kappa shape index (κ1) is 22.0. The Hall–Kier alpha value is -3.26. The second kappa shape index (κ2) is 7.70. The van der Waals surface area contributed by atoms with Crippen LogP contribution in [0.1, 0.15) is 49.7 Å². The Labute approximate surface area is 188 Å². The monoisotopic (exact) mass is 457 g/mol. The van der Waals surface area contributed by atoms with Gasteiger partial charge in [-0.25, -0.2) is 0 Å². The number of carbonyl (C=O) groups excluding carboxylic acids is 3. The van der Waals surface area contributed by atoms with Crippen LogP contribution in [0.25, 0.3) is 0 Å². The first-order chi connectivity index (χ1) is 15.0. The van der Waals surface area contributed by atoms with Gasteiger partial charge in [0.25, 0.3) is 11.5 Å². The number of cyclic esters (lactones) is 2. The molecule has 4 rings (SSSR count).